The summed E-state index contributed by atoms with van der Waals surface area (Å²) in [6.45, 7) is 4.48. The molecular weight excluding hydrogens is 510 g/mol. The summed E-state index contributed by atoms with van der Waals surface area (Å²) in [7, 11) is 0. The number of piperidine rings is 1. The number of aromatic amines is 1. The van der Waals surface area contributed by atoms with Crippen LogP contribution in [0.15, 0.2) is 33.7 Å². The molecule has 196 valence electrons. The van der Waals surface area contributed by atoms with Gasteiger partial charge in [0.2, 0.25) is 11.9 Å². The molecule has 14 heteroatoms. The van der Waals surface area contributed by atoms with Crippen molar-refractivity contribution < 1.29 is 9.53 Å². The minimum atomic E-state index is -0.786. The average molecular weight is 536 g/mol. The molecule has 1 aliphatic carbocycles. The van der Waals surface area contributed by atoms with Gasteiger partial charge in [-0.1, -0.05) is 0 Å². The molecule has 4 aromatic rings. The SMILES string of the molecule is C[C@@H](C(=O)Nc1csc(-c2cnc(N3CC4CC4C3)nc2)n1)n1cnc2[nH]c(=O)n(CC3CCO3)c(=O)c21. The molecule has 0 aromatic carbocycles. The van der Waals surface area contributed by atoms with Gasteiger partial charge in [0, 0.05) is 43.0 Å². The van der Waals surface area contributed by atoms with Gasteiger partial charge in [-0.15, -0.1) is 11.3 Å². The number of rotatable bonds is 7. The quantitative estimate of drug-likeness (QED) is 0.356. The van der Waals surface area contributed by atoms with Gasteiger partial charge in [-0.05, 0) is 31.6 Å². The summed E-state index contributed by atoms with van der Waals surface area (Å²) in [5, 5.41) is 5.25. The number of nitrogens with one attached hydrogen (secondary N) is 2. The zero-order valence-corrected chi connectivity index (χ0v) is 21.3. The van der Waals surface area contributed by atoms with Gasteiger partial charge in [0.1, 0.15) is 16.9 Å². The van der Waals surface area contributed by atoms with Crippen LogP contribution in [0.3, 0.4) is 0 Å². The molecule has 0 spiro atoms. The second kappa shape index (κ2) is 8.84. The maximum Gasteiger partial charge on any atom is 0.330 e. The van der Waals surface area contributed by atoms with E-state index in [0.717, 1.165) is 47.4 Å². The highest BCUT2D eigenvalue weighted by molar-refractivity contribution is 7.13. The van der Waals surface area contributed by atoms with E-state index in [9.17, 15) is 14.4 Å². The van der Waals surface area contributed by atoms with Crippen LogP contribution in [0.2, 0.25) is 0 Å². The summed E-state index contributed by atoms with van der Waals surface area (Å²) in [6, 6.07) is -0.786. The Morgan fingerprint density at radius 3 is 2.71 bits per heavy atom. The minimum absolute atomic E-state index is 0.135. The number of hydrogen-bond acceptors (Lipinski definition) is 10. The monoisotopic (exact) mass is 535 g/mol. The molecule has 3 fully saturated rings. The Morgan fingerprint density at radius 1 is 1.24 bits per heavy atom. The maximum atomic E-state index is 13.1. The number of hydrogen-bond donors (Lipinski definition) is 2. The lowest BCUT2D eigenvalue weighted by Crippen LogP contribution is -2.42. The molecule has 2 aliphatic heterocycles. The molecule has 1 amide bonds. The summed E-state index contributed by atoms with van der Waals surface area (Å²) in [5.74, 6) is 2.36. The van der Waals surface area contributed by atoms with Crippen LogP contribution in [0.1, 0.15) is 25.8 Å². The zero-order valence-electron chi connectivity index (χ0n) is 20.5. The molecular formula is C24H25N9O4S. The number of imidazole rings is 1. The number of aromatic nitrogens is 7. The van der Waals surface area contributed by atoms with Gasteiger partial charge in [-0.25, -0.2) is 24.7 Å². The van der Waals surface area contributed by atoms with E-state index in [4.69, 9.17) is 4.74 Å². The molecule has 13 nitrogen and oxygen atoms in total. The van der Waals surface area contributed by atoms with E-state index < -0.39 is 17.3 Å². The largest absolute Gasteiger partial charge is 0.376 e. The number of thiazole rings is 1. The fourth-order valence-electron chi connectivity index (χ4n) is 5.12. The molecule has 3 unspecified atom stereocenters. The van der Waals surface area contributed by atoms with Crippen molar-refractivity contribution in [2.24, 2.45) is 11.8 Å². The van der Waals surface area contributed by atoms with E-state index in [-0.39, 0.29) is 29.7 Å². The van der Waals surface area contributed by atoms with Gasteiger partial charge in [0.25, 0.3) is 5.56 Å². The van der Waals surface area contributed by atoms with E-state index in [1.54, 1.807) is 24.7 Å². The van der Waals surface area contributed by atoms with Gasteiger partial charge < -0.3 is 19.5 Å². The lowest BCUT2D eigenvalue weighted by Gasteiger charge is -2.26. The Labute approximate surface area is 219 Å². The summed E-state index contributed by atoms with van der Waals surface area (Å²) < 4.78 is 7.93. The summed E-state index contributed by atoms with van der Waals surface area (Å²) in [4.78, 5) is 61.2. The first-order valence-corrected chi connectivity index (χ1v) is 13.5. The van der Waals surface area contributed by atoms with E-state index in [1.807, 2.05) is 0 Å². The molecule has 3 aliphatic rings. The second-order valence-corrected chi connectivity index (χ2v) is 11.0. The highest BCUT2D eigenvalue weighted by Crippen LogP contribution is 2.45. The predicted molar refractivity (Wildman–Crippen MR) is 139 cm³/mol. The first-order chi connectivity index (χ1) is 18.4. The third kappa shape index (κ3) is 4.00. The van der Waals surface area contributed by atoms with Gasteiger partial charge in [0.05, 0.1) is 19.0 Å². The van der Waals surface area contributed by atoms with Crippen LogP contribution >= 0.6 is 11.3 Å². The highest BCUT2D eigenvalue weighted by Gasteiger charge is 2.45. The van der Waals surface area contributed by atoms with Crippen molar-refractivity contribution >= 4 is 40.2 Å². The summed E-state index contributed by atoms with van der Waals surface area (Å²) in [6.07, 6.45) is 6.84. The van der Waals surface area contributed by atoms with Crippen LogP contribution < -0.4 is 21.5 Å². The molecule has 38 heavy (non-hydrogen) atoms. The lowest BCUT2D eigenvalue weighted by atomic mass is 10.2. The van der Waals surface area contributed by atoms with E-state index in [2.05, 4.69) is 35.1 Å². The van der Waals surface area contributed by atoms with Crippen LogP contribution in [0.5, 0.6) is 0 Å². The Morgan fingerprint density at radius 2 is 2.00 bits per heavy atom. The first-order valence-electron chi connectivity index (χ1n) is 12.6. The molecule has 1 saturated carbocycles. The van der Waals surface area contributed by atoms with E-state index in [1.165, 1.54) is 28.7 Å². The van der Waals surface area contributed by atoms with Crippen LogP contribution in [-0.2, 0) is 16.1 Å². The molecule has 4 atom stereocenters. The van der Waals surface area contributed by atoms with Gasteiger partial charge in [-0.2, -0.15) is 0 Å². The van der Waals surface area contributed by atoms with Crippen molar-refractivity contribution in [3.05, 3.63) is 44.9 Å². The summed E-state index contributed by atoms with van der Waals surface area (Å²) >= 11 is 1.38. The molecule has 2 saturated heterocycles. The Balaban J connectivity index is 1.07. The predicted octanol–water partition coefficient (Wildman–Crippen LogP) is 1.24. The molecule has 0 radical (unpaired) electrons. The number of amides is 1. The van der Waals surface area contributed by atoms with Gasteiger partial charge >= 0.3 is 5.69 Å². The Bertz CT molecular complexity index is 1640. The van der Waals surface area contributed by atoms with Crippen LogP contribution in [-0.4, -0.2) is 65.8 Å². The van der Waals surface area contributed by atoms with Crippen molar-refractivity contribution in [3.63, 3.8) is 0 Å². The van der Waals surface area contributed by atoms with Crippen molar-refractivity contribution in [3.8, 4) is 10.6 Å². The molecule has 2 N–H and O–H groups in total. The Kier molecular flexibility index (Phi) is 5.40. The summed E-state index contributed by atoms with van der Waals surface area (Å²) in [5.41, 5.74) is -0.00257. The average Bonchev–Trinajstić information content (AvgIpc) is 3.25. The molecule has 4 aromatic heterocycles. The van der Waals surface area contributed by atoms with Crippen LogP contribution in [0.4, 0.5) is 11.8 Å². The van der Waals surface area contributed by atoms with Crippen LogP contribution in [0, 0.1) is 11.8 Å². The van der Waals surface area contributed by atoms with Crippen molar-refractivity contribution in [1.29, 1.82) is 0 Å². The van der Waals surface area contributed by atoms with E-state index in [0.29, 0.717) is 17.4 Å². The molecule has 6 heterocycles. The number of fused-ring (bicyclic) bond motifs is 2. The first kappa shape index (κ1) is 23.2. The van der Waals surface area contributed by atoms with E-state index >= 15 is 0 Å². The topological polar surface area (TPSA) is 153 Å². The number of ether oxygens (including phenoxy) is 1. The third-order valence-corrected chi connectivity index (χ3v) is 8.48. The Hall–Kier alpha value is -3.91. The molecule has 0 bridgehead atoms. The normalized spacial score (nSPS) is 22.8. The highest BCUT2D eigenvalue weighted by atomic mass is 32.1. The zero-order chi connectivity index (χ0) is 26.0. The minimum Gasteiger partial charge on any atom is -0.376 e. The van der Waals surface area contributed by atoms with Crippen molar-refractivity contribution in [2.75, 3.05) is 29.9 Å². The van der Waals surface area contributed by atoms with Gasteiger partial charge in [-0.3, -0.25) is 19.1 Å². The van der Waals surface area contributed by atoms with Crippen molar-refractivity contribution in [2.45, 2.75) is 38.5 Å². The number of nitrogens with zero attached hydrogens (tertiary/aromatic N) is 7. The second-order valence-electron chi connectivity index (χ2n) is 10.1. The number of carbonyl (C=O) groups is 1. The lowest BCUT2D eigenvalue weighted by molar-refractivity contribution is -0.118. The van der Waals surface area contributed by atoms with Crippen LogP contribution in [0.25, 0.3) is 21.7 Å². The number of H-pyrrole nitrogens is 1. The fourth-order valence-corrected chi connectivity index (χ4v) is 5.85. The standard InChI is InChI=1S/C24H25N9O4S/c1-12(33-11-27-19-18(33)22(35)32(24(36)30-19)9-16-2-3-37-16)20(34)28-17-10-38-21(29-17)15-5-25-23(26-6-15)31-7-13-4-14(13)8-31/h5-6,10-14,16H,2-4,7-9H2,1H3,(H,28,34)(H,30,36)/t12-,13?,14?,16?/m0/s1. The fraction of sp³-hybridized carbons (Fsp3) is 0.458. The number of anilines is 2. The maximum absolute atomic E-state index is 13.1. The van der Waals surface area contributed by atoms with Gasteiger partial charge in [0.15, 0.2) is 11.2 Å². The smallest absolute Gasteiger partial charge is 0.330 e. The van der Waals surface area contributed by atoms with Crippen molar-refractivity contribution in [1.82, 2.24) is 34.1 Å². The third-order valence-electron chi connectivity index (χ3n) is 7.59. The number of carbonyl (C=O) groups excluding carboxylic acids is 1. The molecule has 7 rings (SSSR count).